The van der Waals surface area contributed by atoms with Crippen molar-refractivity contribution in [1.82, 2.24) is 0 Å². The number of nitriles is 1. The number of hydrogen-bond acceptors (Lipinski definition) is 2. The molecule has 1 aliphatic rings. The third-order valence-electron chi connectivity index (χ3n) is 3.16. The minimum absolute atomic E-state index is 0.206. The summed E-state index contributed by atoms with van der Waals surface area (Å²) < 4.78 is 5.66. The number of nitrogens with zero attached hydrogens (tertiary/aromatic N) is 1. The summed E-state index contributed by atoms with van der Waals surface area (Å²) in [6.45, 7) is 0. The molecule has 2 nitrogen and oxygen atoms in total. The normalized spacial score (nSPS) is 25.4. The highest BCUT2D eigenvalue weighted by Gasteiger charge is 2.59. The molecule has 1 heterocycles. The van der Waals surface area contributed by atoms with Crippen LogP contribution in [0.15, 0.2) is 54.6 Å². The predicted molar refractivity (Wildman–Crippen MR) is 69.0 cm³/mol. The standard InChI is InChI=1S/C15H10ClNO/c16-13-8-6-11(7-9-13)14-15(10-17,18-14)12-4-2-1-3-5-12/h1-9,14H/t14-,15-/m1/s1. The lowest BCUT2D eigenvalue weighted by atomic mass is 9.93. The molecule has 88 valence electrons. The Morgan fingerprint density at radius 3 is 2.33 bits per heavy atom. The van der Waals surface area contributed by atoms with Crippen molar-refractivity contribution < 1.29 is 4.74 Å². The fraction of sp³-hybridized carbons (Fsp3) is 0.133. The van der Waals surface area contributed by atoms with E-state index in [-0.39, 0.29) is 6.10 Å². The van der Waals surface area contributed by atoms with Gasteiger partial charge >= 0.3 is 0 Å². The van der Waals surface area contributed by atoms with Gasteiger partial charge in [-0.15, -0.1) is 0 Å². The van der Waals surface area contributed by atoms with E-state index < -0.39 is 5.60 Å². The van der Waals surface area contributed by atoms with Crippen molar-refractivity contribution in [3.8, 4) is 6.07 Å². The van der Waals surface area contributed by atoms with E-state index in [2.05, 4.69) is 6.07 Å². The first-order chi connectivity index (χ1) is 8.76. The number of hydrogen-bond donors (Lipinski definition) is 0. The van der Waals surface area contributed by atoms with Gasteiger partial charge in [-0.1, -0.05) is 54.1 Å². The summed E-state index contributed by atoms with van der Waals surface area (Å²) >= 11 is 5.85. The van der Waals surface area contributed by atoms with Gasteiger partial charge in [-0.3, -0.25) is 0 Å². The second kappa shape index (κ2) is 4.13. The lowest BCUT2D eigenvalue weighted by Gasteiger charge is -2.04. The first-order valence-electron chi connectivity index (χ1n) is 5.66. The summed E-state index contributed by atoms with van der Waals surface area (Å²) in [6, 6.07) is 19.3. The molecule has 1 saturated heterocycles. The number of benzene rings is 2. The molecule has 0 saturated carbocycles. The summed E-state index contributed by atoms with van der Waals surface area (Å²) in [6.07, 6.45) is -0.206. The van der Waals surface area contributed by atoms with Gasteiger partial charge in [-0.25, -0.2) is 0 Å². The van der Waals surface area contributed by atoms with E-state index in [0.29, 0.717) is 5.02 Å². The minimum Gasteiger partial charge on any atom is -0.340 e. The third kappa shape index (κ3) is 1.69. The zero-order valence-corrected chi connectivity index (χ0v) is 10.3. The molecular weight excluding hydrogens is 246 g/mol. The second-order valence-corrected chi connectivity index (χ2v) is 4.70. The smallest absolute Gasteiger partial charge is 0.210 e. The lowest BCUT2D eigenvalue weighted by Crippen LogP contribution is -2.06. The molecule has 0 radical (unpaired) electrons. The van der Waals surface area contributed by atoms with Gasteiger partial charge in [0.25, 0.3) is 0 Å². The average molecular weight is 256 g/mol. The second-order valence-electron chi connectivity index (χ2n) is 4.26. The van der Waals surface area contributed by atoms with Crippen LogP contribution in [-0.2, 0) is 10.3 Å². The van der Waals surface area contributed by atoms with Crippen LogP contribution in [-0.4, -0.2) is 0 Å². The van der Waals surface area contributed by atoms with Gasteiger partial charge in [0.2, 0.25) is 5.60 Å². The molecule has 2 atom stereocenters. The summed E-state index contributed by atoms with van der Waals surface area (Å²) in [5.41, 5.74) is 1.03. The van der Waals surface area contributed by atoms with E-state index in [4.69, 9.17) is 16.3 Å². The van der Waals surface area contributed by atoms with Crippen molar-refractivity contribution >= 4 is 11.6 Å². The van der Waals surface area contributed by atoms with E-state index in [1.807, 2.05) is 54.6 Å². The molecule has 0 aliphatic carbocycles. The molecule has 0 amide bonds. The topological polar surface area (TPSA) is 36.3 Å². The van der Waals surface area contributed by atoms with Gasteiger partial charge < -0.3 is 4.74 Å². The first kappa shape index (κ1) is 11.3. The van der Waals surface area contributed by atoms with Crippen LogP contribution in [0.4, 0.5) is 0 Å². The van der Waals surface area contributed by atoms with Crippen molar-refractivity contribution in [2.75, 3.05) is 0 Å². The highest BCUT2D eigenvalue weighted by Crippen LogP contribution is 2.56. The van der Waals surface area contributed by atoms with Gasteiger partial charge in [0.05, 0.1) is 0 Å². The maximum Gasteiger partial charge on any atom is 0.210 e. The Balaban J connectivity index is 1.95. The molecule has 0 bridgehead atoms. The third-order valence-corrected chi connectivity index (χ3v) is 3.41. The van der Waals surface area contributed by atoms with Crippen molar-refractivity contribution in [2.24, 2.45) is 0 Å². The highest BCUT2D eigenvalue weighted by atomic mass is 35.5. The Morgan fingerprint density at radius 1 is 1.06 bits per heavy atom. The molecule has 1 fully saturated rings. The Morgan fingerprint density at radius 2 is 1.72 bits per heavy atom. The highest BCUT2D eigenvalue weighted by molar-refractivity contribution is 6.30. The van der Waals surface area contributed by atoms with E-state index in [1.165, 1.54) is 0 Å². The van der Waals surface area contributed by atoms with Gasteiger partial charge in [0.15, 0.2) is 0 Å². The zero-order valence-electron chi connectivity index (χ0n) is 9.51. The van der Waals surface area contributed by atoms with Crippen LogP contribution in [0.25, 0.3) is 0 Å². The molecule has 0 N–H and O–H groups in total. The molecule has 2 aromatic carbocycles. The molecule has 0 unspecified atom stereocenters. The molecule has 1 aliphatic heterocycles. The Labute approximate surface area is 110 Å². The lowest BCUT2D eigenvalue weighted by molar-refractivity contribution is 0.340. The average Bonchev–Trinajstić information content (AvgIpc) is 3.17. The summed E-state index contributed by atoms with van der Waals surface area (Å²) in [4.78, 5) is 0. The maximum absolute atomic E-state index is 9.40. The van der Waals surface area contributed by atoms with Gasteiger partial charge in [0, 0.05) is 10.6 Å². The van der Waals surface area contributed by atoms with E-state index in [9.17, 15) is 5.26 Å². The van der Waals surface area contributed by atoms with Crippen LogP contribution in [0.3, 0.4) is 0 Å². The molecule has 2 aromatic rings. The van der Waals surface area contributed by atoms with Crippen molar-refractivity contribution in [3.63, 3.8) is 0 Å². The fourth-order valence-electron chi connectivity index (χ4n) is 2.15. The minimum atomic E-state index is -0.838. The number of epoxide rings is 1. The SMILES string of the molecule is N#C[C@]1(c2ccccc2)O[C@@H]1c1ccc(Cl)cc1. The maximum atomic E-state index is 9.40. The number of halogens is 1. The Hall–Kier alpha value is -1.82. The summed E-state index contributed by atoms with van der Waals surface area (Å²) in [5, 5.41) is 10.1. The van der Waals surface area contributed by atoms with Gasteiger partial charge in [-0.05, 0) is 17.7 Å². The molecule has 0 aromatic heterocycles. The first-order valence-corrected chi connectivity index (χ1v) is 6.04. The molecular formula is C15H10ClNO. The van der Waals surface area contributed by atoms with Gasteiger partial charge in [-0.2, -0.15) is 5.26 Å². The molecule has 3 heteroatoms. The van der Waals surface area contributed by atoms with Crippen molar-refractivity contribution in [3.05, 3.63) is 70.7 Å². The molecule has 0 spiro atoms. The van der Waals surface area contributed by atoms with E-state index in [0.717, 1.165) is 11.1 Å². The monoisotopic (exact) mass is 255 g/mol. The van der Waals surface area contributed by atoms with Crippen molar-refractivity contribution in [2.45, 2.75) is 11.7 Å². The van der Waals surface area contributed by atoms with E-state index in [1.54, 1.807) is 0 Å². The van der Waals surface area contributed by atoms with Gasteiger partial charge in [0.1, 0.15) is 12.2 Å². The van der Waals surface area contributed by atoms with Crippen LogP contribution < -0.4 is 0 Å². The number of rotatable bonds is 2. The molecule has 3 rings (SSSR count). The quantitative estimate of drug-likeness (QED) is 0.765. The summed E-state index contributed by atoms with van der Waals surface area (Å²) in [5.74, 6) is 0. The largest absolute Gasteiger partial charge is 0.340 e. The van der Waals surface area contributed by atoms with E-state index >= 15 is 0 Å². The van der Waals surface area contributed by atoms with Crippen LogP contribution in [0.1, 0.15) is 17.2 Å². The summed E-state index contributed by atoms with van der Waals surface area (Å²) in [7, 11) is 0. The fourth-order valence-corrected chi connectivity index (χ4v) is 2.27. The molecule has 18 heavy (non-hydrogen) atoms. The van der Waals surface area contributed by atoms with Crippen LogP contribution in [0.5, 0.6) is 0 Å². The zero-order chi connectivity index (χ0) is 12.6. The Bertz CT molecular complexity index is 603. The predicted octanol–water partition coefficient (Wildman–Crippen LogP) is 3.83. The Kier molecular flexibility index (Phi) is 2.59. The van der Waals surface area contributed by atoms with Crippen LogP contribution in [0, 0.1) is 11.3 Å². The van der Waals surface area contributed by atoms with Crippen LogP contribution >= 0.6 is 11.6 Å². The number of ether oxygens (including phenoxy) is 1. The van der Waals surface area contributed by atoms with Crippen LogP contribution in [0.2, 0.25) is 5.02 Å². The van der Waals surface area contributed by atoms with Crippen molar-refractivity contribution in [1.29, 1.82) is 5.26 Å².